The van der Waals surface area contributed by atoms with Crippen LogP contribution >= 0.6 is 0 Å². The van der Waals surface area contributed by atoms with E-state index < -0.39 is 6.04 Å². The minimum absolute atomic E-state index is 0.0181. The second-order valence-corrected chi connectivity index (χ2v) is 7.17. The van der Waals surface area contributed by atoms with Crippen molar-refractivity contribution in [2.24, 2.45) is 11.7 Å². The lowest BCUT2D eigenvalue weighted by Crippen LogP contribution is -2.47. The Bertz CT molecular complexity index is 499. The number of hydrogen-bond acceptors (Lipinski definition) is 3. The van der Waals surface area contributed by atoms with Crippen LogP contribution in [0.1, 0.15) is 39.2 Å². The van der Waals surface area contributed by atoms with E-state index >= 15 is 0 Å². The predicted molar refractivity (Wildman–Crippen MR) is 90.1 cm³/mol. The molecule has 2 N–H and O–H groups in total. The Kier molecular flexibility index (Phi) is 5.24. The number of nitrogens with zero attached hydrogens (tertiary/aromatic N) is 1. The van der Waals surface area contributed by atoms with Gasteiger partial charge in [-0.1, -0.05) is 32.9 Å². The molecule has 0 saturated carbocycles. The van der Waals surface area contributed by atoms with E-state index in [4.69, 9.17) is 10.5 Å². The fourth-order valence-corrected chi connectivity index (χ4v) is 2.81. The van der Waals surface area contributed by atoms with Crippen molar-refractivity contribution in [2.45, 2.75) is 45.1 Å². The largest absolute Gasteiger partial charge is 0.381 e. The van der Waals surface area contributed by atoms with E-state index in [9.17, 15) is 4.79 Å². The van der Waals surface area contributed by atoms with Gasteiger partial charge in [-0.25, -0.2) is 0 Å². The van der Waals surface area contributed by atoms with Gasteiger partial charge in [0.05, 0.1) is 6.04 Å². The number of ether oxygens (including phenoxy) is 1. The highest BCUT2D eigenvalue weighted by molar-refractivity contribution is 5.96. The molecule has 0 aromatic heterocycles. The average molecular weight is 304 g/mol. The molecule has 1 saturated heterocycles. The highest BCUT2D eigenvalue weighted by atomic mass is 16.5. The smallest absolute Gasteiger partial charge is 0.243 e. The lowest BCUT2D eigenvalue weighted by atomic mass is 9.87. The molecule has 0 aliphatic carbocycles. The number of anilines is 1. The second kappa shape index (κ2) is 6.80. The molecule has 1 fully saturated rings. The second-order valence-electron chi connectivity index (χ2n) is 7.17. The lowest BCUT2D eigenvalue weighted by molar-refractivity contribution is -0.121. The molecular formula is C18H28N2O2. The molecule has 1 aromatic carbocycles. The number of amides is 1. The summed E-state index contributed by atoms with van der Waals surface area (Å²) in [4.78, 5) is 14.3. The Morgan fingerprint density at radius 2 is 1.77 bits per heavy atom. The molecule has 4 nitrogen and oxygen atoms in total. The fourth-order valence-electron chi connectivity index (χ4n) is 2.81. The first-order chi connectivity index (χ1) is 10.3. The molecule has 1 amide bonds. The summed E-state index contributed by atoms with van der Waals surface area (Å²) in [6.45, 7) is 7.94. The number of carbonyl (C=O) groups excluding carboxylic acids is 1. The number of benzene rings is 1. The molecule has 1 aliphatic rings. The number of carbonyl (C=O) groups is 1. The Hall–Kier alpha value is -1.39. The first kappa shape index (κ1) is 17.0. The minimum Gasteiger partial charge on any atom is -0.381 e. The van der Waals surface area contributed by atoms with E-state index in [1.807, 2.05) is 12.1 Å². The van der Waals surface area contributed by atoms with Crippen LogP contribution in [0.4, 0.5) is 5.69 Å². The molecule has 0 bridgehead atoms. The van der Waals surface area contributed by atoms with Gasteiger partial charge in [0.1, 0.15) is 0 Å². The molecule has 0 spiro atoms. The quantitative estimate of drug-likeness (QED) is 0.934. The van der Waals surface area contributed by atoms with Crippen LogP contribution in [0.3, 0.4) is 0 Å². The van der Waals surface area contributed by atoms with Gasteiger partial charge in [0.25, 0.3) is 0 Å². The number of hydrogen-bond donors (Lipinski definition) is 1. The van der Waals surface area contributed by atoms with Crippen molar-refractivity contribution in [1.29, 1.82) is 0 Å². The third kappa shape index (κ3) is 3.87. The first-order valence-corrected chi connectivity index (χ1v) is 8.02. The van der Waals surface area contributed by atoms with Crippen molar-refractivity contribution >= 4 is 11.6 Å². The molecule has 1 unspecified atom stereocenters. The fraction of sp³-hybridized carbons (Fsp3) is 0.611. The topological polar surface area (TPSA) is 55.6 Å². The van der Waals surface area contributed by atoms with E-state index in [0.717, 1.165) is 18.5 Å². The Morgan fingerprint density at radius 3 is 2.27 bits per heavy atom. The van der Waals surface area contributed by atoms with Gasteiger partial charge >= 0.3 is 0 Å². The van der Waals surface area contributed by atoms with Gasteiger partial charge < -0.3 is 15.4 Å². The molecule has 0 radical (unpaired) electrons. The normalized spacial score (nSPS) is 18.0. The summed E-state index contributed by atoms with van der Waals surface area (Å²) in [6, 6.07) is 7.71. The SMILES string of the molecule is CN(C(=O)C(N)C1CCOCC1)c1ccc(C(C)(C)C)cc1. The summed E-state index contributed by atoms with van der Waals surface area (Å²) in [5.74, 6) is 0.202. The van der Waals surface area contributed by atoms with Crippen molar-refractivity contribution in [1.82, 2.24) is 0 Å². The van der Waals surface area contributed by atoms with Crippen molar-refractivity contribution in [3.63, 3.8) is 0 Å². The van der Waals surface area contributed by atoms with E-state index in [0.29, 0.717) is 13.2 Å². The number of likely N-dealkylation sites (N-methyl/N-ethyl adjacent to an activating group) is 1. The lowest BCUT2D eigenvalue weighted by Gasteiger charge is -2.30. The Morgan fingerprint density at radius 1 is 1.23 bits per heavy atom. The van der Waals surface area contributed by atoms with Crippen LogP contribution in [-0.4, -0.2) is 32.2 Å². The third-order valence-electron chi connectivity index (χ3n) is 4.51. The third-order valence-corrected chi connectivity index (χ3v) is 4.51. The summed E-state index contributed by atoms with van der Waals surface area (Å²) in [5.41, 5.74) is 8.44. The van der Waals surface area contributed by atoms with Crippen LogP contribution in [0, 0.1) is 5.92 Å². The van der Waals surface area contributed by atoms with Crippen molar-refractivity contribution < 1.29 is 9.53 Å². The summed E-state index contributed by atoms with van der Waals surface area (Å²) >= 11 is 0. The number of rotatable bonds is 3. The zero-order chi connectivity index (χ0) is 16.3. The molecule has 1 heterocycles. The van der Waals surface area contributed by atoms with Gasteiger partial charge in [-0.05, 0) is 41.9 Å². The average Bonchev–Trinajstić information content (AvgIpc) is 2.53. The van der Waals surface area contributed by atoms with E-state index in [1.165, 1.54) is 5.56 Å². The number of nitrogens with two attached hydrogens (primary N) is 1. The molecule has 2 rings (SSSR count). The summed E-state index contributed by atoms with van der Waals surface area (Å²) < 4.78 is 5.34. The van der Waals surface area contributed by atoms with Gasteiger partial charge in [-0.15, -0.1) is 0 Å². The standard InChI is InChI=1S/C18H28N2O2/c1-18(2,3)14-5-7-15(8-6-14)20(4)17(21)16(19)13-9-11-22-12-10-13/h5-8,13,16H,9-12,19H2,1-4H3. The minimum atomic E-state index is -0.448. The van der Waals surface area contributed by atoms with Gasteiger partial charge in [0.15, 0.2) is 0 Å². The Balaban J connectivity index is 2.06. The maximum Gasteiger partial charge on any atom is 0.243 e. The van der Waals surface area contributed by atoms with Crippen LogP contribution in [0.25, 0.3) is 0 Å². The van der Waals surface area contributed by atoms with E-state index in [2.05, 4.69) is 32.9 Å². The summed E-state index contributed by atoms with van der Waals surface area (Å²) in [6.07, 6.45) is 1.73. The highest BCUT2D eigenvalue weighted by Gasteiger charge is 2.29. The maximum atomic E-state index is 12.6. The van der Waals surface area contributed by atoms with Crippen LogP contribution in [-0.2, 0) is 14.9 Å². The van der Waals surface area contributed by atoms with Crippen molar-refractivity contribution in [2.75, 3.05) is 25.2 Å². The van der Waals surface area contributed by atoms with Crippen LogP contribution in [0.5, 0.6) is 0 Å². The molecule has 22 heavy (non-hydrogen) atoms. The summed E-state index contributed by atoms with van der Waals surface area (Å²) in [7, 11) is 1.80. The zero-order valence-corrected chi connectivity index (χ0v) is 14.1. The molecule has 122 valence electrons. The molecule has 1 aliphatic heterocycles. The van der Waals surface area contributed by atoms with Crippen molar-refractivity contribution in [3.8, 4) is 0 Å². The Labute approximate surface area is 133 Å². The van der Waals surface area contributed by atoms with E-state index in [1.54, 1.807) is 11.9 Å². The molecule has 1 aromatic rings. The molecular weight excluding hydrogens is 276 g/mol. The predicted octanol–water partition coefficient (Wildman–Crippen LogP) is 2.70. The molecule has 4 heteroatoms. The molecule has 1 atom stereocenters. The van der Waals surface area contributed by atoms with Gasteiger partial charge in [-0.2, -0.15) is 0 Å². The van der Waals surface area contributed by atoms with Crippen LogP contribution in [0.2, 0.25) is 0 Å². The van der Waals surface area contributed by atoms with Crippen molar-refractivity contribution in [3.05, 3.63) is 29.8 Å². The maximum absolute atomic E-state index is 12.6. The van der Waals surface area contributed by atoms with Crippen LogP contribution in [0.15, 0.2) is 24.3 Å². The highest BCUT2D eigenvalue weighted by Crippen LogP contribution is 2.25. The van der Waals surface area contributed by atoms with Crippen LogP contribution < -0.4 is 10.6 Å². The van der Waals surface area contributed by atoms with Gasteiger partial charge in [-0.3, -0.25) is 4.79 Å². The van der Waals surface area contributed by atoms with E-state index in [-0.39, 0.29) is 17.2 Å². The zero-order valence-electron chi connectivity index (χ0n) is 14.1. The monoisotopic (exact) mass is 304 g/mol. The first-order valence-electron chi connectivity index (χ1n) is 8.02. The van der Waals surface area contributed by atoms with Gasteiger partial charge in [0.2, 0.25) is 5.91 Å². The summed E-state index contributed by atoms with van der Waals surface area (Å²) in [5, 5.41) is 0. The van der Waals surface area contributed by atoms with Gasteiger partial charge in [0, 0.05) is 25.9 Å².